The normalized spacial score (nSPS) is 10.5. The molecule has 2 aromatic carbocycles. The zero-order valence-electron chi connectivity index (χ0n) is 13.5. The number of hydrogen-bond donors (Lipinski definition) is 0. The van der Waals surface area contributed by atoms with E-state index < -0.39 is 29.9 Å². The summed E-state index contributed by atoms with van der Waals surface area (Å²) in [4.78, 5) is 34.4. The van der Waals surface area contributed by atoms with Gasteiger partial charge in [-0.3, -0.25) is 14.9 Å². The monoisotopic (exact) mass is 365 g/mol. The number of Topliss-reactive ketones (excluding diaryl/α,β-unsaturated/α-hetero) is 1. The van der Waals surface area contributed by atoms with Crippen LogP contribution in [0.4, 0.5) is 14.5 Å². The van der Waals surface area contributed by atoms with E-state index in [-0.39, 0.29) is 22.6 Å². The number of aryl methyl sites for hydroxylation is 1. The lowest BCUT2D eigenvalue weighted by Gasteiger charge is -2.10. The number of ketones is 1. The minimum absolute atomic E-state index is 0.00721. The number of benzene rings is 2. The number of carbonyl (C=O) groups is 2. The van der Waals surface area contributed by atoms with Gasteiger partial charge < -0.3 is 9.47 Å². The summed E-state index contributed by atoms with van der Waals surface area (Å²) >= 11 is 0. The van der Waals surface area contributed by atoms with Crippen molar-refractivity contribution in [3.63, 3.8) is 0 Å². The van der Waals surface area contributed by atoms with E-state index in [1.165, 1.54) is 37.3 Å². The summed E-state index contributed by atoms with van der Waals surface area (Å²) in [5, 5.41) is 10.9. The second-order valence-corrected chi connectivity index (χ2v) is 5.13. The van der Waals surface area contributed by atoms with Crippen LogP contribution in [-0.4, -0.2) is 29.9 Å². The molecule has 0 heterocycles. The van der Waals surface area contributed by atoms with Crippen molar-refractivity contribution < 1.29 is 32.8 Å². The van der Waals surface area contributed by atoms with Gasteiger partial charge in [-0.1, -0.05) is 24.3 Å². The number of rotatable bonds is 7. The summed E-state index contributed by atoms with van der Waals surface area (Å²) in [5.41, 5.74) is -0.137. The molecule has 7 nitrogen and oxygen atoms in total. The van der Waals surface area contributed by atoms with Crippen LogP contribution in [-0.2, 0) is 4.74 Å². The van der Waals surface area contributed by atoms with Crippen LogP contribution in [0.25, 0.3) is 0 Å². The first-order chi connectivity index (χ1) is 12.3. The Labute approximate surface area is 146 Å². The Morgan fingerprint density at radius 3 is 2.54 bits per heavy atom. The Morgan fingerprint density at radius 1 is 1.19 bits per heavy atom. The van der Waals surface area contributed by atoms with Crippen molar-refractivity contribution in [3.05, 3.63) is 69.3 Å². The summed E-state index contributed by atoms with van der Waals surface area (Å²) in [5.74, 6) is -2.09. The highest BCUT2D eigenvalue weighted by molar-refractivity contribution is 6.00. The van der Waals surface area contributed by atoms with Crippen LogP contribution in [0.3, 0.4) is 0 Å². The van der Waals surface area contributed by atoms with E-state index in [2.05, 4.69) is 4.74 Å². The number of ether oxygens (including phenoxy) is 2. The molecule has 0 unspecified atom stereocenters. The van der Waals surface area contributed by atoms with Crippen molar-refractivity contribution >= 4 is 17.4 Å². The fraction of sp³-hybridized carbons (Fsp3) is 0.176. The smallest absolute Gasteiger partial charge is 0.387 e. The molecule has 0 aliphatic rings. The van der Waals surface area contributed by atoms with E-state index in [0.717, 1.165) is 12.1 Å². The average molecular weight is 365 g/mol. The Kier molecular flexibility index (Phi) is 5.94. The number of para-hydroxylation sites is 1. The predicted molar refractivity (Wildman–Crippen MR) is 85.5 cm³/mol. The molecule has 0 fully saturated rings. The van der Waals surface area contributed by atoms with Crippen molar-refractivity contribution in [2.24, 2.45) is 0 Å². The Bertz CT molecular complexity index is 853. The number of halogens is 2. The third-order valence-corrected chi connectivity index (χ3v) is 3.39. The highest BCUT2D eigenvalue weighted by Crippen LogP contribution is 2.22. The van der Waals surface area contributed by atoms with Gasteiger partial charge >= 0.3 is 12.6 Å². The van der Waals surface area contributed by atoms with Gasteiger partial charge in [0.1, 0.15) is 11.3 Å². The molecule has 0 aliphatic heterocycles. The molecule has 0 spiro atoms. The van der Waals surface area contributed by atoms with Gasteiger partial charge in [0.15, 0.2) is 6.61 Å². The summed E-state index contributed by atoms with van der Waals surface area (Å²) in [6.45, 7) is -2.31. The Hall–Kier alpha value is -3.36. The van der Waals surface area contributed by atoms with Crippen LogP contribution in [0, 0.1) is 17.0 Å². The van der Waals surface area contributed by atoms with E-state index in [4.69, 9.17) is 4.74 Å². The maximum atomic E-state index is 12.4. The molecule has 0 saturated carbocycles. The third-order valence-electron chi connectivity index (χ3n) is 3.39. The first kappa shape index (κ1) is 19.0. The van der Waals surface area contributed by atoms with Gasteiger partial charge in [-0.05, 0) is 19.1 Å². The molecule has 0 atom stereocenters. The summed E-state index contributed by atoms with van der Waals surface area (Å²) in [6, 6.07) is 9.03. The van der Waals surface area contributed by atoms with E-state index in [0.29, 0.717) is 5.56 Å². The molecule has 0 N–H and O–H groups in total. The largest absolute Gasteiger partial charge is 0.454 e. The molecular weight excluding hydrogens is 352 g/mol. The van der Waals surface area contributed by atoms with Crippen LogP contribution in [0.5, 0.6) is 5.75 Å². The number of nitro benzene ring substituents is 1. The van der Waals surface area contributed by atoms with E-state index >= 15 is 0 Å². The fourth-order valence-electron chi connectivity index (χ4n) is 2.11. The van der Waals surface area contributed by atoms with Crippen molar-refractivity contribution in [3.8, 4) is 5.75 Å². The quantitative estimate of drug-likeness (QED) is 0.322. The van der Waals surface area contributed by atoms with Crippen molar-refractivity contribution in [1.29, 1.82) is 0 Å². The van der Waals surface area contributed by atoms with Gasteiger partial charge in [0.25, 0.3) is 5.69 Å². The minimum Gasteiger partial charge on any atom is -0.454 e. The molecule has 2 aromatic rings. The minimum atomic E-state index is -3.13. The van der Waals surface area contributed by atoms with E-state index in [9.17, 15) is 28.5 Å². The van der Waals surface area contributed by atoms with Gasteiger partial charge in [0.05, 0.1) is 4.92 Å². The van der Waals surface area contributed by atoms with Crippen LogP contribution in [0.1, 0.15) is 26.3 Å². The second kappa shape index (κ2) is 8.15. The van der Waals surface area contributed by atoms with Crippen LogP contribution in [0.15, 0.2) is 42.5 Å². The molecule has 0 amide bonds. The number of hydrogen-bond acceptors (Lipinski definition) is 6. The van der Waals surface area contributed by atoms with Crippen LogP contribution < -0.4 is 4.74 Å². The van der Waals surface area contributed by atoms with E-state index in [1.807, 2.05) is 0 Å². The van der Waals surface area contributed by atoms with Gasteiger partial charge in [0, 0.05) is 17.2 Å². The third kappa shape index (κ3) is 4.59. The first-order valence-electron chi connectivity index (χ1n) is 7.29. The van der Waals surface area contributed by atoms with Crippen molar-refractivity contribution in [2.45, 2.75) is 13.5 Å². The number of esters is 1. The number of nitrogens with zero attached hydrogens (tertiary/aromatic N) is 1. The molecule has 0 radical (unpaired) electrons. The highest BCUT2D eigenvalue weighted by atomic mass is 19.3. The highest BCUT2D eigenvalue weighted by Gasteiger charge is 2.19. The molecule has 0 aliphatic carbocycles. The van der Waals surface area contributed by atoms with Crippen LogP contribution in [0.2, 0.25) is 0 Å². The van der Waals surface area contributed by atoms with Crippen molar-refractivity contribution in [2.75, 3.05) is 6.61 Å². The molecule has 9 heteroatoms. The molecule has 26 heavy (non-hydrogen) atoms. The molecule has 0 bridgehead atoms. The Balaban J connectivity index is 2.09. The molecule has 0 saturated heterocycles. The van der Waals surface area contributed by atoms with Crippen LogP contribution >= 0.6 is 0 Å². The molecule has 2 rings (SSSR count). The lowest BCUT2D eigenvalue weighted by Crippen LogP contribution is -2.16. The predicted octanol–water partition coefficient (Wildman–Crippen LogP) is 3.54. The zero-order valence-corrected chi connectivity index (χ0v) is 13.5. The SMILES string of the molecule is Cc1ccc(C(=O)COC(=O)c2ccccc2OC(F)F)cc1[N+](=O)[O-]. The summed E-state index contributed by atoms with van der Waals surface area (Å²) < 4.78 is 33.7. The number of nitro groups is 1. The molecule has 0 aromatic heterocycles. The second-order valence-electron chi connectivity index (χ2n) is 5.13. The van der Waals surface area contributed by atoms with Gasteiger partial charge in [-0.2, -0.15) is 8.78 Å². The maximum absolute atomic E-state index is 12.4. The van der Waals surface area contributed by atoms with Gasteiger partial charge in [0.2, 0.25) is 5.78 Å². The number of alkyl halides is 2. The average Bonchev–Trinajstić information content (AvgIpc) is 2.59. The van der Waals surface area contributed by atoms with Gasteiger partial charge in [-0.25, -0.2) is 4.79 Å². The lowest BCUT2D eigenvalue weighted by molar-refractivity contribution is -0.385. The Morgan fingerprint density at radius 2 is 1.88 bits per heavy atom. The zero-order chi connectivity index (χ0) is 19.3. The maximum Gasteiger partial charge on any atom is 0.387 e. The van der Waals surface area contributed by atoms with Gasteiger partial charge in [-0.15, -0.1) is 0 Å². The van der Waals surface area contributed by atoms with Crippen molar-refractivity contribution in [1.82, 2.24) is 0 Å². The molecule has 136 valence electrons. The lowest BCUT2D eigenvalue weighted by atomic mass is 10.1. The molecular formula is C17H13F2NO6. The first-order valence-corrected chi connectivity index (χ1v) is 7.29. The standard InChI is InChI=1S/C17H13F2NO6/c1-10-6-7-11(8-13(10)20(23)24)14(21)9-25-16(22)12-4-2-3-5-15(12)26-17(18)19/h2-8,17H,9H2,1H3. The summed E-state index contributed by atoms with van der Waals surface area (Å²) in [6.07, 6.45) is 0. The topological polar surface area (TPSA) is 95.7 Å². The fourth-order valence-corrected chi connectivity index (χ4v) is 2.11. The summed E-state index contributed by atoms with van der Waals surface area (Å²) in [7, 11) is 0. The number of carbonyl (C=O) groups excluding carboxylic acids is 2. The van der Waals surface area contributed by atoms with E-state index in [1.54, 1.807) is 0 Å².